The first-order valence-corrected chi connectivity index (χ1v) is 9.18. The number of para-hydroxylation sites is 1. The van der Waals surface area contributed by atoms with Crippen LogP contribution in [-0.4, -0.2) is 25.8 Å². The average molecular weight is 331 g/mol. The lowest BCUT2D eigenvalue weighted by atomic mass is 10.1. The van der Waals surface area contributed by atoms with Gasteiger partial charge in [-0.3, -0.25) is 4.79 Å². The predicted molar refractivity (Wildman–Crippen MR) is 88.3 cm³/mol. The van der Waals surface area contributed by atoms with E-state index in [9.17, 15) is 13.2 Å². The molecular formula is C17H17NO4S. The van der Waals surface area contributed by atoms with Gasteiger partial charge in [-0.15, -0.1) is 0 Å². The van der Waals surface area contributed by atoms with E-state index in [0.717, 1.165) is 5.75 Å². The molecule has 1 N–H and O–H groups in total. The summed E-state index contributed by atoms with van der Waals surface area (Å²) in [6, 6.07) is 16.4. The van der Waals surface area contributed by atoms with Crippen molar-refractivity contribution in [3.63, 3.8) is 0 Å². The Balaban J connectivity index is 1.60. The number of ether oxygens (including phenoxy) is 1. The van der Waals surface area contributed by atoms with Gasteiger partial charge in [0.2, 0.25) is 5.91 Å². The third-order valence-corrected chi connectivity index (χ3v) is 5.47. The molecule has 120 valence electrons. The Bertz CT molecular complexity index is 785. The van der Waals surface area contributed by atoms with Gasteiger partial charge in [-0.1, -0.05) is 18.2 Å². The van der Waals surface area contributed by atoms with E-state index in [0.29, 0.717) is 17.9 Å². The van der Waals surface area contributed by atoms with Crippen LogP contribution < -0.4 is 10.1 Å². The Labute approximate surface area is 135 Å². The molecule has 0 spiro atoms. The molecule has 23 heavy (non-hydrogen) atoms. The minimum atomic E-state index is -3.05. The Kier molecular flexibility index (Phi) is 4.34. The smallest absolute Gasteiger partial charge is 0.228 e. The zero-order valence-electron chi connectivity index (χ0n) is 12.4. The molecule has 1 saturated heterocycles. The van der Waals surface area contributed by atoms with Gasteiger partial charge in [0.15, 0.2) is 9.84 Å². The van der Waals surface area contributed by atoms with Gasteiger partial charge < -0.3 is 10.1 Å². The number of rotatable bonds is 4. The summed E-state index contributed by atoms with van der Waals surface area (Å²) in [5.74, 6) is 0.726. The van der Waals surface area contributed by atoms with Crippen LogP contribution in [-0.2, 0) is 14.6 Å². The Morgan fingerprint density at radius 3 is 2.26 bits per heavy atom. The summed E-state index contributed by atoms with van der Waals surface area (Å²) in [7, 11) is -3.05. The van der Waals surface area contributed by atoms with Gasteiger partial charge in [0.05, 0.1) is 17.4 Å². The van der Waals surface area contributed by atoms with E-state index in [-0.39, 0.29) is 17.4 Å². The summed E-state index contributed by atoms with van der Waals surface area (Å²) < 4.78 is 28.5. The van der Waals surface area contributed by atoms with Crippen molar-refractivity contribution < 1.29 is 17.9 Å². The van der Waals surface area contributed by atoms with Gasteiger partial charge in [0, 0.05) is 5.69 Å². The van der Waals surface area contributed by atoms with Crippen molar-refractivity contribution in [3.8, 4) is 11.5 Å². The maximum absolute atomic E-state index is 12.1. The van der Waals surface area contributed by atoms with Crippen molar-refractivity contribution in [1.82, 2.24) is 0 Å². The fraction of sp³-hybridized carbons (Fsp3) is 0.235. The lowest BCUT2D eigenvalue weighted by Gasteiger charge is -2.10. The van der Waals surface area contributed by atoms with Crippen LogP contribution in [0.25, 0.3) is 0 Å². The van der Waals surface area contributed by atoms with Gasteiger partial charge in [-0.05, 0) is 42.8 Å². The van der Waals surface area contributed by atoms with E-state index in [4.69, 9.17) is 4.74 Å². The van der Waals surface area contributed by atoms with Crippen molar-refractivity contribution in [2.45, 2.75) is 6.42 Å². The van der Waals surface area contributed by atoms with E-state index in [1.165, 1.54) is 0 Å². The quantitative estimate of drug-likeness (QED) is 0.935. The maximum atomic E-state index is 12.1. The van der Waals surface area contributed by atoms with Crippen molar-refractivity contribution in [2.24, 2.45) is 5.92 Å². The number of carbonyl (C=O) groups excluding carboxylic acids is 1. The number of amides is 1. The molecule has 0 aromatic heterocycles. The lowest BCUT2D eigenvalue weighted by molar-refractivity contribution is -0.119. The van der Waals surface area contributed by atoms with Gasteiger partial charge in [-0.25, -0.2) is 8.42 Å². The van der Waals surface area contributed by atoms with Crippen LogP contribution >= 0.6 is 0 Å². The average Bonchev–Trinajstić information content (AvgIpc) is 2.90. The molecule has 0 saturated carbocycles. The Hall–Kier alpha value is -2.34. The molecule has 1 heterocycles. The third kappa shape index (κ3) is 4.10. The van der Waals surface area contributed by atoms with Gasteiger partial charge >= 0.3 is 0 Å². The lowest BCUT2D eigenvalue weighted by Crippen LogP contribution is -2.23. The van der Waals surface area contributed by atoms with Crippen LogP contribution in [0.5, 0.6) is 11.5 Å². The molecule has 1 atom stereocenters. The van der Waals surface area contributed by atoms with Gasteiger partial charge in [0.1, 0.15) is 11.5 Å². The first-order chi connectivity index (χ1) is 11.0. The molecule has 1 aliphatic heterocycles. The van der Waals surface area contributed by atoms with Crippen molar-refractivity contribution in [1.29, 1.82) is 0 Å². The summed E-state index contributed by atoms with van der Waals surface area (Å²) in [5, 5.41) is 2.75. The normalized spacial score (nSPS) is 19.2. The monoisotopic (exact) mass is 331 g/mol. The number of carbonyl (C=O) groups is 1. The topological polar surface area (TPSA) is 72.5 Å². The Morgan fingerprint density at radius 2 is 1.65 bits per heavy atom. The van der Waals surface area contributed by atoms with E-state index in [1.807, 2.05) is 30.3 Å². The number of anilines is 1. The molecule has 0 aliphatic carbocycles. The zero-order valence-corrected chi connectivity index (χ0v) is 13.3. The summed E-state index contributed by atoms with van der Waals surface area (Å²) in [4.78, 5) is 12.1. The molecule has 5 nitrogen and oxygen atoms in total. The van der Waals surface area contributed by atoms with Crippen LogP contribution in [0.1, 0.15) is 6.42 Å². The van der Waals surface area contributed by atoms with Crippen molar-refractivity contribution in [2.75, 3.05) is 16.8 Å². The van der Waals surface area contributed by atoms with Crippen LogP contribution in [0.15, 0.2) is 54.6 Å². The van der Waals surface area contributed by atoms with Crippen molar-refractivity contribution in [3.05, 3.63) is 54.6 Å². The third-order valence-electron chi connectivity index (χ3n) is 3.70. The predicted octanol–water partition coefficient (Wildman–Crippen LogP) is 2.85. The summed E-state index contributed by atoms with van der Waals surface area (Å²) in [6.45, 7) is 0. The van der Waals surface area contributed by atoms with E-state index >= 15 is 0 Å². The van der Waals surface area contributed by atoms with E-state index < -0.39 is 15.8 Å². The molecule has 3 rings (SSSR count). The van der Waals surface area contributed by atoms with Crippen LogP contribution in [0, 0.1) is 5.92 Å². The summed E-state index contributed by atoms with van der Waals surface area (Å²) >= 11 is 0. The molecule has 6 heteroatoms. The number of nitrogens with one attached hydrogen (secondary N) is 1. The standard InChI is InChI=1S/C17H17NO4S/c19-17(13-10-11-23(20,21)12-13)18-14-6-8-16(9-7-14)22-15-4-2-1-3-5-15/h1-9,13H,10-12H2,(H,18,19)/t13-/m0/s1. The van der Waals surface area contributed by atoms with Crippen LogP contribution in [0.2, 0.25) is 0 Å². The van der Waals surface area contributed by atoms with Gasteiger partial charge in [-0.2, -0.15) is 0 Å². The second-order valence-corrected chi connectivity index (χ2v) is 7.76. The number of sulfone groups is 1. The highest BCUT2D eigenvalue weighted by molar-refractivity contribution is 7.91. The number of hydrogen-bond acceptors (Lipinski definition) is 4. The molecule has 0 unspecified atom stereocenters. The van der Waals surface area contributed by atoms with E-state index in [1.54, 1.807) is 24.3 Å². The highest BCUT2D eigenvalue weighted by Crippen LogP contribution is 2.24. The molecule has 0 radical (unpaired) electrons. The molecule has 1 fully saturated rings. The summed E-state index contributed by atoms with van der Waals surface area (Å²) in [6.07, 6.45) is 0.392. The fourth-order valence-electron chi connectivity index (χ4n) is 2.48. The maximum Gasteiger partial charge on any atom is 0.228 e. The fourth-order valence-corrected chi connectivity index (χ4v) is 4.22. The second kappa shape index (κ2) is 6.42. The Morgan fingerprint density at radius 1 is 1.00 bits per heavy atom. The minimum Gasteiger partial charge on any atom is -0.457 e. The minimum absolute atomic E-state index is 0.0615. The molecule has 2 aromatic rings. The molecular weight excluding hydrogens is 314 g/mol. The van der Waals surface area contributed by atoms with Crippen LogP contribution in [0.4, 0.5) is 5.69 Å². The SMILES string of the molecule is O=C(Nc1ccc(Oc2ccccc2)cc1)[C@H]1CCS(=O)(=O)C1. The van der Waals surface area contributed by atoms with Crippen LogP contribution in [0.3, 0.4) is 0 Å². The van der Waals surface area contributed by atoms with Gasteiger partial charge in [0.25, 0.3) is 0 Å². The molecule has 0 bridgehead atoms. The first kappa shape index (κ1) is 15.6. The zero-order chi connectivity index (χ0) is 16.3. The summed E-state index contributed by atoms with van der Waals surface area (Å²) in [5.41, 5.74) is 0.625. The highest BCUT2D eigenvalue weighted by Gasteiger charge is 2.32. The molecule has 1 amide bonds. The molecule has 2 aromatic carbocycles. The largest absolute Gasteiger partial charge is 0.457 e. The second-order valence-electron chi connectivity index (χ2n) is 5.53. The van der Waals surface area contributed by atoms with Crippen molar-refractivity contribution >= 4 is 21.4 Å². The van der Waals surface area contributed by atoms with E-state index in [2.05, 4.69) is 5.32 Å². The highest BCUT2D eigenvalue weighted by atomic mass is 32.2. The first-order valence-electron chi connectivity index (χ1n) is 7.36. The molecule has 1 aliphatic rings. The number of hydrogen-bond donors (Lipinski definition) is 1. The number of benzene rings is 2.